The van der Waals surface area contributed by atoms with Gasteiger partial charge in [-0.2, -0.15) is 5.10 Å². The third-order valence-electron chi connectivity index (χ3n) is 6.63. The van der Waals surface area contributed by atoms with E-state index in [1.54, 1.807) is 21.7 Å². The molecule has 0 bridgehead atoms. The number of amides is 2. The van der Waals surface area contributed by atoms with Gasteiger partial charge in [0.25, 0.3) is 0 Å². The van der Waals surface area contributed by atoms with E-state index in [1.807, 2.05) is 36.1 Å². The number of hydrogen-bond donors (Lipinski definition) is 2. The Kier molecular flexibility index (Phi) is 6.17. The van der Waals surface area contributed by atoms with Gasteiger partial charge < -0.3 is 19.5 Å². The highest BCUT2D eigenvalue weighted by atomic mass is 19.1. The molecule has 1 saturated carbocycles. The van der Waals surface area contributed by atoms with E-state index in [4.69, 9.17) is 0 Å². The van der Waals surface area contributed by atoms with Crippen molar-refractivity contribution in [2.75, 3.05) is 31.1 Å². The molecule has 2 aromatic carbocycles. The second-order valence-corrected chi connectivity index (χ2v) is 9.20. The van der Waals surface area contributed by atoms with Gasteiger partial charge in [-0.25, -0.2) is 19.4 Å². The smallest absolute Gasteiger partial charge is 0.341 e. The molecule has 1 aliphatic carbocycles. The van der Waals surface area contributed by atoms with E-state index in [-0.39, 0.29) is 23.0 Å². The lowest BCUT2D eigenvalue weighted by atomic mass is 10.1. The third kappa shape index (κ3) is 4.66. The fraction of sp³-hybridized carbons (Fsp3) is 0.308. The topological polar surface area (TPSA) is 107 Å². The van der Waals surface area contributed by atoms with Crippen LogP contribution in [0.5, 0.6) is 0 Å². The molecule has 0 atom stereocenters. The first-order valence-electron chi connectivity index (χ1n) is 11.8. The normalized spacial score (nSPS) is 16.1. The van der Waals surface area contributed by atoms with Crippen molar-refractivity contribution in [3.63, 3.8) is 0 Å². The highest BCUT2D eigenvalue weighted by molar-refractivity contribution is 5.93. The molecular formula is C26H26FN5O4. The first-order valence-corrected chi connectivity index (χ1v) is 11.8. The summed E-state index contributed by atoms with van der Waals surface area (Å²) in [6, 6.07) is 10.3. The van der Waals surface area contributed by atoms with Gasteiger partial charge in [0, 0.05) is 43.8 Å². The summed E-state index contributed by atoms with van der Waals surface area (Å²) in [5, 5.41) is 13.5. The Hall–Kier alpha value is -4.21. The minimum Gasteiger partial charge on any atom is -0.477 e. The van der Waals surface area contributed by atoms with Crippen molar-refractivity contribution in [2.24, 2.45) is 5.10 Å². The molecule has 9 nitrogen and oxygen atoms in total. The lowest BCUT2D eigenvalue weighted by Crippen LogP contribution is -2.51. The maximum atomic E-state index is 15.1. The van der Waals surface area contributed by atoms with Gasteiger partial charge in [0.2, 0.25) is 5.43 Å². The molecule has 1 aliphatic heterocycles. The number of carbonyl (C=O) groups excluding carboxylic acids is 1. The van der Waals surface area contributed by atoms with E-state index < -0.39 is 17.2 Å². The number of urea groups is 1. The Balaban J connectivity index is 1.30. The number of halogens is 1. The number of carbonyl (C=O) groups is 2. The number of hydrogen-bond acceptors (Lipinski definition) is 5. The largest absolute Gasteiger partial charge is 0.477 e. The zero-order valence-electron chi connectivity index (χ0n) is 19.8. The number of anilines is 1. The van der Waals surface area contributed by atoms with Crippen LogP contribution in [0.25, 0.3) is 10.9 Å². The van der Waals surface area contributed by atoms with Gasteiger partial charge >= 0.3 is 12.0 Å². The molecule has 2 aliphatic rings. The lowest BCUT2D eigenvalue weighted by molar-refractivity contribution is 0.0694. The standard InChI is InChI=1S/C26H26FN5O4/c1-16-2-4-17(5-3-16)14-28-29-26(36)31-10-8-30(9-11-31)23-13-22-19(12-21(23)27)24(33)20(25(34)35)15-32(22)18-6-7-18/h2-5,12-15,18H,6-11H2,1H3,(H,29,36)(H,34,35)/b28-14+. The van der Waals surface area contributed by atoms with Gasteiger partial charge in [0.1, 0.15) is 11.4 Å². The van der Waals surface area contributed by atoms with Crippen molar-refractivity contribution in [2.45, 2.75) is 25.8 Å². The van der Waals surface area contributed by atoms with Gasteiger partial charge in [-0.1, -0.05) is 29.8 Å². The summed E-state index contributed by atoms with van der Waals surface area (Å²) < 4.78 is 16.9. The van der Waals surface area contributed by atoms with Crippen LogP contribution in [0.4, 0.5) is 14.9 Å². The lowest BCUT2D eigenvalue weighted by Gasteiger charge is -2.36. The van der Waals surface area contributed by atoms with E-state index in [0.717, 1.165) is 30.0 Å². The van der Waals surface area contributed by atoms with Crippen LogP contribution in [-0.4, -0.2) is 59.0 Å². The van der Waals surface area contributed by atoms with E-state index >= 15 is 4.39 Å². The van der Waals surface area contributed by atoms with Crippen LogP contribution in [0.1, 0.15) is 40.4 Å². The fourth-order valence-corrected chi connectivity index (χ4v) is 4.44. The molecule has 0 spiro atoms. The maximum absolute atomic E-state index is 15.1. The second kappa shape index (κ2) is 9.44. The molecule has 1 saturated heterocycles. The van der Waals surface area contributed by atoms with Crippen molar-refractivity contribution < 1.29 is 19.1 Å². The Labute approximate surface area is 206 Å². The van der Waals surface area contributed by atoms with Crippen LogP contribution in [0.15, 0.2) is 52.5 Å². The second-order valence-electron chi connectivity index (χ2n) is 9.20. The highest BCUT2D eigenvalue weighted by Crippen LogP contribution is 2.38. The number of benzene rings is 2. The SMILES string of the molecule is Cc1ccc(/C=N/NC(=O)N2CCN(c3cc4c(cc3F)c(=O)c(C(=O)O)cn4C3CC3)CC2)cc1. The molecule has 2 amide bonds. The third-order valence-corrected chi connectivity index (χ3v) is 6.63. The number of nitrogens with one attached hydrogen (secondary N) is 1. The number of carboxylic acid groups (broad SMARTS) is 1. The molecule has 36 heavy (non-hydrogen) atoms. The summed E-state index contributed by atoms with van der Waals surface area (Å²) in [6.45, 7) is 3.54. The average Bonchev–Trinajstić information content (AvgIpc) is 3.71. The molecule has 2 N–H and O–H groups in total. The number of carboxylic acids is 1. The van der Waals surface area contributed by atoms with Crippen LogP contribution in [0.3, 0.4) is 0 Å². The highest BCUT2D eigenvalue weighted by Gasteiger charge is 2.29. The maximum Gasteiger partial charge on any atom is 0.341 e. The van der Waals surface area contributed by atoms with E-state index in [2.05, 4.69) is 10.5 Å². The quantitative estimate of drug-likeness (QED) is 0.421. The van der Waals surface area contributed by atoms with E-state index in [0.29, 0.717) is 37.4 Å². The molecule has 5 rings (SSSR count). The number of pyridine rings is 1. The van der Waals surface area contributed by atoms with Crippen LogP contribution in [0.2, 0.25) is 0 Å². The molecular weight excluding hydrogens is 465 g/mol. The molecule has 2 heterocycles. The zero-order chi connectivity index (χ0) is 25.4. The van der Waals surface area contributed by atoms with E-state index in [9.17, 15) is 19.5 Å². The summed E-state index contributed by atoms with van der Waals surface area (Å²) >= 11 is 0. The van der Waals surface area contributed by atoms with Crippen molar-refractivity contribution >= 4 is 34.8 Å². The predicted octanol–water partition coefficient (Wildman–Crippen LogP) is 3.35. The summed E-state index contributed by atoms with van der Waals surface area (Å²) in [4.78, 5) is 40.2. The first-order chi connectivity index (χ1) is 17.3. The summed E-state index contributed by atoms with van der Waals surface area (Å²) in [7, 11) is 0. The van der Waals surface area contributed by atoms with Crippen LogP contribution in [-0.2, 0) is 0 Å². The number of aryl methyl sites for hydroxylation is 1. The summed E-state index contributed by atoms with van der Waals surface area (Å²) in [6.07, 6.45) is 4.70. The minimum atomic E-state index is -1.32. The first kappa shape index (κ1) is 23.5. The number of aromatic nitrogens is 1. The summed E-state index contributed by atoms with van der Waals surface area (Å²) in [5.41, 5.74) is 4.35. The number of aromatic carboxylic acids is 1. The van der Waals surface area contributed by atoms with Gasteiger partial charge in [-0.05, 0) is 37.5 Å². The predicted molar refractivity (Wildman–Crippen MR) is 134 cm³/mol. The average molecular weight is 492 g/mol. The Morgan fingerprint density at radius 1 is 1.11 bits per heavy atom. The molecule has 3 aromatic rings. The van der Waals surface area contributed by atoms with Gasteiger partial charge in [-0.15, -0.1) is 0 Å². The number of rotatable bonds is 5. The Morgan fingerprint density at radius 3 is 2.44 bits per heavy atom. The number of nitrogens with zero attached hydrogens (tertiary/aromatic N) is 4. The molecule has 0 radical (unpaired) electrons. The number of fused-ring (bicyclic) bond motifs is 1. The monoisotopic (exact) mass is 491 g/mol. The minimum absolute atomic E-state index is 0.0625. The number of piperazine rings is 1. The summed E-state index contributed by atoms with van der Waals surface area (Å²) in [5.74, 6) is -1.91. The zero-order valence-corrected chi connectivity index (χ0v) is 19.8. The van der Waals surface area contributed by atoms with Crippen molar-refractivity contribution in [1.82, 2.24) is 14.9 Å². The van der Waals surface area contributed by atoms with Crippen LogP contribution < -0.4 is 15.8 Å². The Morgan fingerprint density at radius 2 is 1.81 bits per heavy atom. The van der Waals surface area contributed by atoms with Gasteiger partial charge in [0.15, 0.2) is 0 Å². The van der Waals surface area contributed by atoms with Crippen molar-refractivity contribution in [1.29, 1.82) is 0 Å². The Bertz CT molecular complexity index is 1420. The molecule has 10 heteroatoms. The number of hydrazone groups is 1. The van der Waals surface area contributed by atoms with Gasteiger partial charge in [0.05, 0.1) is 17.4 Å². The molecule has 2 fully saturated rings. The van der Waals surface area contributed by atoms with Crippen LogP contribution in [0, 0.1) is 12.7 Å². The van der Waals surface area contributed by atoms with Crippen LogP contribution >= 0.6 is 0 Å². The molecule has 1 aromatic heterocycles. The molecule has 186 valence electrons. The molecule has 0 unspecified atom stereocenters. The fourth-order valence-electron chi connectivity index (χ4n) is 4.44. The van der Waals surface area contributed by atoms with Gasteiger partial charge in [-0.3, -0.25) is 4.79 Å². The van der Waals surface area contributed by atoms with E-state index in [1.165, 1.54) is 6.20 Å². The van der Waals surface area contributed by atoms with Crippen molar-refractivity contribution in [3.05, 3.63) is 75.3 Å². The van der Waals surface area contributed by atoms with Crippen molar-refractivity contribution in [3.8, 4) is 0 Å².